The molecule has 0 radical (unpaired) electrons. The minimum absolute atomic E-state index is 0.0442. The summed E-state index contributed by atoms with van der Waals surface area (Å²) in [6, 6.07) is 9.69. The van der Waals surface area contributed by atoms with Crippen LogP contribution in [0.15, 0.2) is 35.1 Å². The van der Waals surface area contributed by atoms with Gasteiger partial charge >= 0.3 is 0 Å². The highest BCUT2D eigenvalue weighted by molar-refractivity contribution is 5.80. The third kappa shape index (κ3) is 2.55. The van der Waals surface area contributed by atoms with Crippen LogP contribution >= 0.6 is 0 Å². The third-order valence-corrected chi connectivity index (χ3v) is 4.89. The van der Waals surface area contributed by atoms with Gasteiger partial charge in [0, 0.05) is 12.0 Å². The molecule has 0 unspecified atom stereocenters. The number of nitrogens with zero attached hydrogens (tertiary/aromatic N) is 3. The van der Waals surface area contributed by atoms with Gasteiger partial charge in [-0.25, -0.2) is 4.52 Å². The number of para-hydroxylation sites is 1. The average molecular weight is 310 g/mol. The van der Waals surface area contributed by atoms with Gasteiger partial charge in [0.25, 0.3) is 5.56 Å². The van der Waals surface area contributed by atoms with Crippen LogP contribution in [0.1, 0.15) is 37.8 Å². The number of aromatic nitrogens is 3. The Kier molecular flexibility index (Phi) is 3.65. The van der Waals surface area contributed by atoms with Crippen LogP contribution in [0.4, 0.5) is 0 Å². The van der Waals surface area contributed by atoms with Gasteiger partial charge in [-0.1, -0.05) is 19.1 Å². The fourth-order valence-corrected chi connectivity index (χ4v) is 3.67. The van der Waals surface area contributed by atoms with Crippen molar-refractivity contribution in [2.75, 3.05) is 19.6 Å². The first-order valence-electron chi connectivity index (χ1n) is 8.49. The van der Waals surface area contributed by atoms with Gasteiger partial charge in [-0.2, -0.15) is 5.10 Å². The molecule has 1 aliphatic rings. The highest BCUT2D eigenvalue weighted by Gasteiger charge is 2.22. The van der Waals surface area contributed by atoms with Crippen LogP contribution in [0.25, 0.3) is 16.6 Å². The fourth-order valence-electron chi connectivity index (χ4n) is 3.67. The summed E-state index contributed by atoms with van der Waals surface area (Å²) in [5.41, 5.74) is 2.73. The fraction of sp³-hybridized carbons (Fsp3) is 0.444. The van der Waals surface area contributed by atoms with Crippen molar-refractivity contribution in [2.45, 2.75) is 32.1 Å². The maximum atomic E-state index is 12.2. The Hall–Kier alpha value is -2.14. The first-order valence-corrected chi connectivity index (χ1v) is 8.49. The highest BCUT2D eigenvalue weighted by atomic mass is 16.1. The van der Waals surface area contributed by atoms with Gasteiger partial charge in [-0.15, -0.1) is 0 Å². The Morgan fingerprint density at radius 1 is 1.26 bits per heavy atom. The molecule has 0 saturated carbocycles. The van der Waals surface area contributed by atoms with E-state index < -0.39 is 0 Å². The molecule has 1 N–H and O–H groups in total. The first-order chi connectivity index (χ1) is 11.3. The summed E-state index contributed by atoms with van der Waals surface area (Å²) in [5, 5.41) is 5.49. The molecule has 120 valence electrons. The predicted octanol–water partition coefficient (Wildman–Crippen LogP) is 2.77. The lowest BCUT2D eigenvalue weighted by atomic mass is 9.93. The Balaban J connectivity index is 1.70. The van der Waals surface area contributed by atoms with Gasteiger partial charge in [-0.3, -0.25) is 4.79 Å². The Morgan fingerprint density at radius 3 is 2.83 bits per heavy atom. The number of likely N-dealkylation sites (tertiary alicyclic amines) is 1. The minimum atomic E-state index is -0.0442. The summed E-state index contributed by atoms with van der Waals surface area (Å²) >= 11 is 0. The number of hydrogen-bond acceptors (Lipinski definition) is 3. The molecule has 23 heavy (non-hydrogen) atoms. The minimum Gasteiger partial charge on any atom is -0.306 e. The molecular weight excluding hydrogens is 288 g/mol. The van der Waals surface area contributed by atoms with Crippen molar-refractivity contribution in [2.24, 2.45) is 0 Å². The topological polar surface area (TPSA) is 53.4 Å². The van der Waals surface area contributed by atoms with Gasteiger partial charge < -0.3 is 9.88 Å². The van der Waals surface area contributed by atoms with Crippen molar-refractivity contribution in [3.05, 3.63) is 46.4 Å². The molecular formula is C18H22N4O. The number of hydrogen-bond donors (Lipinski definition) is 1. The van der Waals surface area contributed by atoms with Gasteiger partial charge in [0.15, 0.2) is 0 Å². The number of fused-ring (bicyclic) bond motifs is 3. The molecule has 2 aromatic heterocycles. The second-order valence-corrected chi connectivity index (χ2v) is 6.45. The number of H-pyrrole nitrogens is 1. The highest BCUT2D eigenvalue weighted by Crippen LogP contribution is 2.28. The van der Waals surface area contributed by atoms with Crippen LogP contribution in [0.2, 0.25) is 0 Å². The summed E-state index contributed by atoms with van der Waals surface area (Å²) in [6.07, 6.45) is 3.50. The first kappa shape index (κ1) is 14.5. The van der Waals surface area contributed by atoms with E-state index in [1.54, 1.807) is 0 Å². The van der Waals surface area contributed by atoms with Crippen LogP contribution < -0.4 is 5.56 Å². The monoisotopic (exact) mass is 310 g/mol. The van der Waals surface area contributed by atoms with Crippen molar-refractivity contribution < 1.29 is 0 Å². The smallest absolute Gasteiger partial charge is 0.259 e. The largest absolute Gasteiger partial charge is 0.306 e. The van der Waals surface area contributed by atoms with E-state index in [2.05, 4.69) is 16.8 Å². The summed E-state index contributed by atoms with van der Waals surface area (Å²) < 4.78 is 1.88. The van der Waals surface area contributed by atoms with Crippen LogP contribution in [-0.2, 0) is 0 Å². The molecule has 5 heteroatoms. The number of piperidine rings is 1. The van der Waals surface area contributed by atoms with Crippen molar-refractivity contribution in [1.29, 1.82) is 0 Å². The van der Waals surface area contributed by atoms with Crippen LogP contribution in [0.3, 0.4) is 0 Å². The average Bonchev–Trinajstić information content (AvgIpc) is 3.00. The van der Waals surface area contributed by atoms with Gasteiger partial charge in [0.05, 0.1) is 16.6 Å². The number of benzene rings is 1. The molecule has 1 fully saturated rings. The van der Waals surface area contributed by atoms with E-state index in [4.69, 9.17) is 5.10 Å². The molecule has 1 aliphatic heterocycles. The zero-order valence-corrected chi connectivity index (χ0v) is 13.5. The molecule has 3 aromatic rings. The number of nitrogens with one attached hydrogen (secondary N) is 1. The van der Waals surface area contributed by atoms with E-state index in [1.807, 2.05) is 34.8 Å². The van der Waals surface area contributed by atoms with Gasteiger partial charge in [-0.05, 0) is 51.0 Å². The second kappa shape index (κ2) is 5.81. The summed E-state index contributed by atoms with van der Waals surface area (Å²) in [7, 11) is 0. The van der Waals surface area contributed by atoms with Gasteiger partial charge in [0.2, 0.25) is 0 Å². The standard InChI is InChI=1S/C18H22N4O/c1-2-9-21-10-7-13(8-11-21)15-12-17-19-18(23)14-5-3-4-6-16(14)22(17)20-15/h3-6,12-13H,2,7-11H2,1H3,(H,19,23). The van der Waals surface area contributed by atoms with Crippen LogP contribution in [0.5, 0.6) is 0 Å². The Labute approximate surface area is 134 Å². The van der Waals surface area contributed by atoms with E-state index >= 15 is 0 Å². The predicted molar refractivity (Wildman–Crippen MR) is 92.0 cm³/mol. The van der Waals surface area contributed by atoms with Crippen molar-refractivity contribution in [1.82, 2.24) is 19.5 Å². The van der Waals surface area contributed by atoms with Crippen LogP contribution in [0, 0.1) is 0 Å². The molecule has 0 spiro atoms. The van der Waals surface area contributed by atoms with Crippen molar-refractivity contribution >= 4 is 16.6 Å². The normalized spacial score (nSPS) is 17.3. The molecule has 5 nitrogen and oxygen atoms in total. The Morgan fingerprint density at radius 2 is 2.04 bits per heavy atom. The maximum Gasteiger partial charge on any atom is 0.259 e. The molecule has 0 aliphatic carbocycles. The lowest BCUT2D eigenvalue weighted by Crippen LogP contribution is -2.33. The Bertz CT molecular complexity index is 887. The van der Waals surface area contributed by atoms with E-state index in [0.29, 0.717) is 11.3 Å². The molecule has 1 saturated heterocycles. The molecule has 3 heterocycles. The van der Waals surface area contributed by atoms with Crippen molar-refractivity contribution in [3.8, 4) is 0 Å². The van der Waals surface area contributed by atoms with E-state index in [1.165, 1.54) is 13.0 Å². The summed E-state index contributed by atoms with van der Waals surface area (Å²) in [5.74, 6) is 0.491. The number of aromatic amines is 1. The molecule has 1 aromatic carbocycles. The van der Waals surface area contributed by atoms with Crippen molar-refractivity contribution in [3.63, 3.8) is 0 Å². The lowest BCUT2D eigenvalue weighted by molar-refractivity contribution is 0.211. The molecule has 0 atom stereocenters. The van der Waals surface area contributed by atoms with E-state index in [0.717, 1.165) is 42.8 Å². The maximum absolute atomic E-state index is 12.2. The van der Waals surface area contributed by atoms with Gasteiger partial charge in [0.1, 0.15) is 5.65 Å². The van der Waals surface area contributed by atoms with Crippen LogP contribution in [-0.4, -0.2) is 39.1 Å². The quantitative estimate of drug-likeness (QED) is 0.809. The third-order valence-electron chi connectivity index (χ3n) is 4.89. The molecule has 4 rings (SSSR count). The second-order valence-electron chi connectivity index (χ2n) is 6.45. The SMILES string of the molecule is CCCN1CCC(c2cc3[nH]c(=O)c4ccccc4n3n2)CC1. The summed E-state index contributed by atoms with van der Waals surface area (Å²) in [4.78, 5) is 17.7. The molecule has 0 bridgehead atoms. The molecule has 0 amide bonds. The lowest BCUT2D eigenvalue weighted by Gasteiger charge is -2.30. The summed E-state index contributed by atoms with van der Waals surface area (Å²) in [6.45, 7) is 5.71. The van der Waals surface area contributed by atoms with E-state index in [-0.39, 0.29) is 5.56 Å². The zero-order valence-electron chi connectivity index (χ0n) is 13.5. The zero-order chi connectivity index (χ0) is 15.8. The van der Waals surface area contributed by atoms with E-state index in [9.17, 15) is 4.79 Å². The number of rotatable bonds is 3.